The average Bonchev–Trinajstić information content (AvgIpc) is 2.99. The minimum Gasteiger partial charge on any atom is -0.481 e. The van der Waals surface area contributed by atoms with Crippen LogP contribution in [-0.2, 0) is 16.0 Å². The highest BCUT2D eigenvalue weighted by atomic mass is 19.1. The Morgan fingerprint density at radius 2 is 2.11 bits per heavy atom. The maximum absolute atomic E-state index is 14.9. The largest absolute Gasteiger partial charge is 0.481 e. The van der Waals surface area contributed by atoms with Crippen LogP contribution in [0, 0.1) is 25.6 Å². The summed E-state index contributed by atoms with van der Waals surface area (Å²) in [6.45, 7) is 5.67. The van der Waals surface area contributed by atoms with Crippen molar-refractivity contribution in [2.75, 3.05) is 29.9 Å². The van der Waals surface area contributed by atoms with E-state index in [-0.39, 0.29) is 12.5 Å². The van der Waals surface area contributed by atoms with Gasteiger partial charge < -0.3 is 25.1 Å². The molecule has 4 rings (SSSR count). The third-order valence-corrected chi connectivity index (χ3v) is 5.38. The first-order valence-corrected chi connectivity index (χ1v) is 9.25. The summed E-state index contributed by atoms with van der Waals surface area (Å²) in [6, 6.07) is 4.84. The van der Waals surface area contributed by atoms with Crippen LogP contribution < -0.4 is 15.5 Å². The zero-order chi connectivity index (χ0) is 20.0. The van der Waals surface area contributed by atoms with Gasteiger partial charge in [0.15, 0.2) is 0 Å². The normalized spacial score (nSPS) is 22.0. The minimum atomic E-state index is -1.21. The number of hydrogen-bond donors (Lipinski definition) is 3. The molecule has 7 nitrogen and oxygen atoms in total. The molecule has 2 unspecified atom stereocenters. The van der Waals surface area contributed by atoms with Crippen molar-refractivity contribution in [3.05, 3.63) is 46.7 Å². The van der Waals surface area contributed by atoms with Crippen molar-refractivity contribution in [3.8, 4) is 0 Å². The van der Waals surface area contributed by atoms with E-state index < -0.39 is 23.6 Å². The number of carboxylic acids is 1. The number of rotatable bonds is 3. The molecule has 2 aliphatic rings. The van der Waals surface area contributed by atoms with Crippen molar-refractivity contribution in [1.82, 2.24) is 5.32 Å². The van der Waals surface area contributed by atoms with Crippen molar-refractivity contribution in [2.24, 2.45) is 5.92 Å². The van der Waals surface area contributed by atoms with E-state index in [4.69, 9.17) is 9.52 Å². The van der Waals surface area contributed by atoms with Gasteiger partial charge in [0, 0.05) is 25.3 Å². The van der Waals surface area contributed by atoms with E-state index in [1.54, 1.807) is 6.07 Å². The molecule has 2 aliphatic heterocycles. The molecule has 0 bridgehead atoms. The van der Waals surface area contributed by atoms with Crippen LogP contribution in [0.5, 0.6) is 0 Å². The summed E-state index contributed by atoms with van der Waals surface area (Å²) < 4.78 is 20.7. The number of anilines is 2. The van der Waals surface area contributed by atoms with Gasteiger partial charge in [-0.15, -0.1) is 0 Å². The van der Waals surface area contributed by atoms with Crippen molar-refractivity contribution < 1.29 is 23.5 Å². The van der Waals surface area contributed by atoms with Gasteiger partial charge in [-0.3, -0.25) is 9.59 Å². The van der Waals surface area contributed by atoms with Crippen molar-refractivity contribution in [1.29, 1.82) is 0 Å². The number of carbonyl (C=O) groups is 2. The maximum atomic E-state index is 14.9. The van der Waals surface area contributed by atoms with E-state index in [1.165, 1.54) is 6.07 Å². The highest BCUT2D eigenvalue weighted by molar-refractivity contribution is 6.06. The predicted octanol–water partition coefficient (Wildman–Crippen LogP) is 2.38. The fourth-order valence-corrected chi connectivity index (χ4v) is 4.01. The van der Waals surface area contributed by atoms with Gasteiger partial charge in [-0.25, -0.2) is 4.39 Å². The van der Waals surface area contributed by atoms with Gasteiger partial charge >= 0.3 is 5.97 Å². The van der Waals surface area contributed by atoms with Crippen LogP contribution in [0.25, 0.3) is 0 Å². The lowest BCUT2D eigenvalue weighted by Crippen LogP contribution is -2.46. The van der Waals surface area contributed by atoms with E-state index in [2.05, 4.69) is 10.6 Å². The highest BCUT2D eigenvalue weighted by Gasteiger charge is 2.34. The molecule has 1 fully saturated rings. The first kappa shape index (κ1) is 18.5. The molecule has 8 heteroatoms. The van der Waals surface area contributed by atoms with E-state index in [0.717, 1.165) is 17.1 Å². The smallest absolute Gasteiger partial charge is 0.316 e. The van der Waals surface area contributed by atoms with Crippen LogP contribution in [0.1, 0.15) is 28.7 Å². The third-order valence-electron chi connectivity index (χ3n) is 5.38. The van der Waals surface area contributed by atoms with Crippen LogP contribution in [0.15, 0.2) is 22.6 Å². The fraction of sp³-hybridized carbons (Fsp3) is 0.400. The van der Waals surface area contributed by atoms with E-state index in [9.17, 15) is 14.0 Å². The number of amides is 1. The summed E-state index contributed by atoms with van der Waals surface area (Å²) in [5.74, 6) is -1.71. The van der Waals surface area contributed by atoms with E-state index >= 15 is 0 Å². The SMILES string of the molecule is Cc1cc(C)c(C2CN(c3cc4c(cc3F)CC(C(=O)O)C(=O)N4)CCN2)o1. The molecule has 0 spiro atoms. The molecule has 3 heterocycles. The predicted molar refractivity (Wildman–Crippen MR) is 101 cm³/mol. The fourth-order valence-electron chi connectivity index (χ4n) is 4.01. The second-order valence-electron chi connectivity index (χ2n) is 7.40. The van der Waals surface area contributed by atoms with Crippen LogP contribution in [-0.4, -0.2) is 36.6 Å². The molecule has 148 valence electrons. The van der Waals surface area contributed by atoms with Gasteiger partial charge in [-0.1, -0.05) is 0 Å². The second kappa shape index (κ2) is 6.94. The summed E-state index contributed by atoms with van der Waals surface area (Å²) in [7, 11) is 0. The number of halogens is 1. The molecule has 1 aromatic heterocycles. The average molecular weight is 387 g/mol. The summed E-state index contributed by atoms with van der Waals surface area (Å²) in [4.78, 5) is 25.1. The topological polar surface area (TPSA) is 94.8 Å². The number of furan rings is 1. The number of carbonyl (C=O) groups excluding carboxylic acids is 1. The molecule has 3 N–H and O–H groups in total. The Balaban J connectivity index is 1.61. The Morgan fingerprint density at radius 1 is 1.32 bits per heavy atom. The zero-order valence-electron chi connectivity index (χ0n) is 15.7. The summed E-state index contributed by atoms with van der Waals surface area (Å²) in [5, 5.41) is 15.2. The quantitative estimate of drug-likeness (QED) is 0.700. The molecule has 28 heavy (non-hydrogen) atoms. The van der Waals surface area contributed by atoms with Gasteiger partial charge in [-0.05, 0) is 49.6 Å². The van der Waals surface area contributed by atoms with Crippen molar-refractivity contribution >= 4 is 23.3 Å². The van der Waals surface area contributed by atoms with E-state index in [1.807, 2.05) is 24.8 Å². The number of benzene rings is 1. The Kier molecular flexibility index (Phi) is 4.58. The number of aryl methyl sites for hydroxylation is 2. The standard InChI is InChI=1S/C20H22FN3O4/c1-10-5-11(2)28-18(10)16-9-24(4-3-22-16)17-8-15-12(7-14(17)21)6-13(20(26)27)19(25)23-15/h5,7-8,13,16,22H,3-4,6,9H2,1-2H3,(H,23,25)(H,26,27). The van der Waals surface area contributed by atoms with Crippen LogP contribution in [0.3, 0.4) is 0 Å². The molecule has 1 amide bonds. The number of nitrogens with zero attached hydrogens (tertiary/aromatic N) is 1. The summed E-state index contributed by atoms with van der Waals surface area (Å²) in [6.07, 6.45) is -0.0112. The van der Waals surface area contributed by atoms with Gasteiger partial charge in [0.1, 0.15) is 23.3 Å². The molecule has 0 radical (unpaired) electrons. The summed E-state index contributed by atoms with van der Waals surface area (Å²) >= 11 is 0. The Bertz CT molecular complexity index is 955. The number of aliphatic carboxylic acids is 1. The first-order valence-electron chi connectivity index (χ1n) is 9.25. The van der Waals surface area contributed by atoms with Crippen LogP contribution in [0.2, 0.25) is 0 Å². The molecular weight excluding hydrogens is 365 g/mol. The van der Waals surface area contributed by atoms with Gasteiger partial charge in [0.05, 0.1) is 11.7 Å². The lowest BCUT2D eigenvalue weighted by Gasteiger charge is -2.35. The lowest BCUT2D eigenvalue weighted by molar-refractivity contribution is -0.145. The molecule has 1 aromatic carbocycles. The first-order chi connectivity index (χ1) is 13.3. The van der Waals surface area contributed by atoms with Crippen molar-refractivity contribution in [3.63, 3.8) is 0 Å². The number of fused-ring (bicyclic) bond motifs is 1. The van der Waals surface area contributed by atoms with Gasteiger partial charge in [0.2, 0.25) is 5.91 Å². The molecular formula is C20H22FN3O4. The number of piperazine rings is 1. The molecule has 0 saturated carbocycles. The Labute approximate surface area is 161 Å². The van der Waals surface area contributed by atoms with E-state index in [0.29, 0.717) is 36.6 Å². The monoisotopic (exact) mass is 387 g/mol. The Morgan fingerprint density at radius 3 is 2.79 bits per heavy atom. The number of nitrogens with one attached hydrogen (secondary N) is 2. The van der Waals surface area contributed by atoms with Crippen LogP contribution in [0.4, 0.5) is 15.8 Å². The molecule has 0 aliphatic carbocycles. The van der Waals surface area contributed by atoms with Crippen molar-refractivity contribution in [2.45, 2.75) is 26.3 Å². The molecule has 2 atom stereocenters. The summed E-state index contributed by atoms with van der Waals surface area (Å²) in [5.41, 5.74) is 2.41. The number of carboxylic acid groups (broad SMARTS) is 1. The lowest BCUT2D eigenvalue weighted by atomic mass is 9.92. The zero-order valence-corrected chi connectivity index (χ0v) is 15.7. The molecule has 1 saturated heterocycles. The third kappa shape index (κ3) is 3.24. The maximum Gasteiger partial charge on any atom is 0.316 e. The Hall–Kier alpha value is -2.87. The minimum absolute atomic E-state index is 0.0112. The molecule has 2 aromatic rings. The van der Waals surface area contributed by atoms with Gasteiger partial charge in [0.25, 0.3) is 0 Å². The van der Waals surface area contributed by atoms with Crippen LogP contribution >= 0.6 is 0 Å². The second-order valence-corrected chi connectivity index (χ2v) is 7.40. The highest BCUT2D eigenvalue weighted by Crippen LogP contribution is 2.34. The van der Waals surface area contributed by atoms with Gasteiger partial charge in [-0.2, -0.15) is 0 Å². The number of hydrogen-bond acceptors (Lipinski definition) is 5.